The number of hydrogen-bond acceptors (Lipinski definition) is 2. The summed E-state index contributed by atoms with van der Waals surface area (Å²) in [5.41, 5.74) is 3.29. The Morgan fingerprint density at radius 3 is 2.19 bits per heavy atom. The Bertz CT molecular complexity index is 799. The molecule has 0 saturated carbocycles. The molecule has 0 bridgehead atoms. The minimum Gasteiger partial charge on any atom is -0.455 e. The van der Waals surface area contributed by atoms with Crippen LogP contribution in [0, 0.1) is 13.8 Å². The number of hydrogen-bond donors (Lipinski definition) is 0. The van der Waals surface area contributed by atoms with E-state index in [2.05, 4.69) is 0 Å². The van der Waals surface area contributed by atoms with E-state index < -0.39 is 0 Å². The van der Waals surface area contributed by atoms with Crippen molar-refractivity contribution < 1.29 is 4.42 Å². The molecular formula is C19H20O2. The first kappa shape index (κ1) is 15.0. The standard InChI is InChI=1S/C17H14O2.C2H6/c1-11-7-6-10-14-15(18)12(2)17(19-16(11)14)13-8-4-3-5-9-13;1-2/h3-10H,1-2H3;1-2H3. The lowest BCUT2D eigenvalue weighted by Crippen LogP contribution is -2.07. The summed E-state index contributed by atoms with van der Waals surface area (Å²) in [5.74, 6) is 0.660. The smallest absolute Gasteiger partial charge is 0.196 e. The highest BCUT2D eigenvalue weighted by Gasteiger charge is 2.13. The van der Waals surface area contributed by atoms with Crippen LogP contribution >= 0.6 is 0 Å². The molecular weight excluding hydrogens is 260 g/mol. The average Bonchev–Trinajstić information content (AvgIpc) is 2.54. The van der Waals surface area contributed by atoms with Gasteiger partial charge in [-0.25, -0.2) is 0 Å². The molecule has 0 aliphatic carbocycles. The molecule has 0 fully saturated rings. The van der Waals surface area contributed by atoms with Crippen LogP contribution in [0.2, 0.25) is 0 Å². The zero-order chi connectivity index (χ0) is 15.4. The van der Waals surface area contributed by atoms with E-state index in [1.807, 2.05) is 76.2 Å². The van der Waals surface area contributed by atoms with Crippen LogP contribution in [-0.2, 0) is 0 Å². The maximum atomic E-state index is 12.4. The van der Waals surface area contributed by atoms with Crippen molar-refractivity contribution in [3.8, 4) is 11.3 Å². The molecule has 0 atom stereocenters. The summed E-state index contributed by atoms with van der Waals surface area (Å²) >= 11 is 0. The van der Waals surface area contributed by atoms with Gasteiger partial charge in [0.2, 0.25) is 0 Å². The predicted molar refractivity (Wildman–Crippen MR) is 88.7 cm³/mol. The van der Waals surface area contributed by atoms with Crippen molar-refractivity contribution in [1.29, 1.82) is 0 Å². The van der Waals surface area contributed by atoms with Gasteiger partial charge in [-0.3, -0.25) is 4.79 Å². The zero-order valence-corrected chi connectivity index (χ0v) is 12.9. The fourth-order valence-corrected chi connectivity index (χ4v) is 2.32. The van der Waals surface area contributed by atoms with Crippen LogP contribution in [0.15, 0.2) is 57.7 Å². The van der Waals surface area contributed by atoms with E-state index in [0.29, 0.717) is 22.3 Å². The van der Waals surface area contributed by atoms with Crippen LogP contribution in [0.25, 0.3) is 22.3 Å². The summed E-state index contributed by atoms with van der Waals surface area (Å²) in [7, 11) is 0. The molecule has 3 aromatic rings. The number of aryl methyl sites for hydroxylation is 1. The largest absolute Gasteiger partial charge is 0.455 e. The molecule has 2 heteroatoms. The van der Waals surface area contributed by atoms with Gasteiger partial charge in [0, 0.05) is 11.1 Å². The van der Waals surface area contributed by atoms with Crippen LogP contribution < -0.4 is 5.43 Å². The summed E-state index contributed by atoms with van der Waals surface area (Å²) in [6, 6.07) is 15.4. The molecule has 3 rings (SSSR count). The molecule has 1 aromatic heterocycles. The first-order valence-corrected chi connectivity index (χ1v) is 7.27. The van der Waals surface area contributed by atoms with Crippen LogP contribution in [0.5, 0.6) is 0 Å². The molecule has 0 spiro atoms. The minimum atomic E-state index is 0.0452. The Morgan fingerprint density at radius 2 is 1.52 bits per heavy atom. The van der Waals surface area contributed by atoms with E-state index in [9.17, 15) is 4.79 Å². The highest BCUT2D eigenvalue weighted by molar-refractivity contribution is 5.82. The molecule has 0 saturated heterocycles. The van der Waals surface area contributed by atoms with Gasteiger partial charge in [0.15, 0.2) is 5.43 Å². The molecule has 0 aliphatic rings. The van der Waals surface area contributed by atoms with E-state index in [0.717, 1.165) is 11.1 Å². The second kappa shape index (κ2) is 6.40. The van der Waals surface area contributed by atoms with Gasteiger partial charge in [0.1, 0.15) is 11.3 Å². The molecule has 0 unspecified atom stereocenters. The predicted octanol–water partition coefficient (Wildman–Crippen LogP) is 5.10. The minimum absolute atomic E-state index is 0.0452. The number of fused-ring (bicyclic) bond motifs is 1. The third kappa shape index (κ3) is 2.75. The van der Waals surface area contributed by atoms with Gasteiger partial charge in [-0.05, 0) is 25.5 Å². The van der Waals surface area contributed by atoms with E-state index in [4.69, 9.17) is 4.42 Å². The third-order valence-electron chi connectivity index (χ3n) is 3.38. The first-order valence-electron chi connectivity index (χ1n) is 7.27. The Balaban J connectivity index is 0.000000774. The lowest BCUT2D eigenvalue weighted by molar-refractivity contribution is 0.611. The Morgan fingerprint density at radius 1 is 0.857 bits per heavy atom. The van der Waals surface area contributed by atoms with Crippen LogP contribution in [0.1, 0.15) is 25.0 Å². The third-order valence-corrected chi connectivity index (χ3v) is 3.38. The lowest BCUT2D eigenvalue weighted by atomic mass is 10.0. The number of para-hydroxylation sites is 1. The van der Waals surface area contributed by atoms with Crippen molar-refractivity contribution in [3.05, 3.63) is 69.9 Å². The van der Waals surface area contributed by atoms with Crippen LogP contribution in [0.4, 0.5) is 0 Å². The summed E-state index contributed by atoms with van der Waals surface area (Å²) in [6.07, 6.45) is 0. The van der Waals surface area contributed by atoms with Gasteiger partial charge in [-0.1, -0.05) is 56.3 Å². The van der Waals surface area contributed by atoms with Gasteiger partial charge in [-0.2, -0.15) is 0 Å². The Labute approximate surface area is 125 Å². The second-order valence-corrected chi connectivity index (χ2v) is 4.70. The van der Waals surface area contributed by atoms with Gasteiger partial charge in [-0.15, -0.1) is 0 Å². The molecule has 0 N–H and O–H groups in total. The fourth-order valence-electron chi connectivity index (χ4n) is 2.32. The summed E-state index contributed by atoms with van der Waals surface area (Å²) in [6.45, 7) is 7.77. The topological polar surface area (TPSA) is 30.2 Å². The maximum Gasteiger partial charge on any atom is 0.196 e. The van der Waals surface area contributed by atoms with Crippen molar-refractivity contribution in [3.63, 3.8) is 0 Å². The molecule has 0 radical (unpaired) electrons. The van der Waals surface area contributed by atoms with Crippen LogP contribution in [-0.4, -0.2) is 0 Å². The zero-order valence-electron chi connectivity index (χ0n) is 12.9. The van der Waals surface area contributed by atoms with Crippen LogP contribution in [0.3, 0.4) is 0 Å². The maximum absolute atomic E-state index is 12.4. The van der Waals surface area contributed by atoms with E-state index >= 15 is 0 Å². The quantitative estimate of drug-likeness (QED) is 0.620. The van der Waals surface area contributed by atoms with Crippen molar-refractivity contribution in [2.75, 3.05) is 0 Å². The second-order valence-electron chi connectivity index (χ2n) is 4.70. The van der Waals surface area contributed by atoms with E-state index in [-0.39, 0.29) is 5.43 Å². The Hall–Kier alpha value is -2.35. The highest BCUT2D eigenvalue weighted by Crippen LogP contribution is 2.26. The van der Waals surface area contributed by atoms with Gasteiger partial charge in [0.25, 0.3) is 0 Å². The van der Waals surface area contributed by atoms with E-state index in [1.165, 1.54) is 0 Å². The number of benzene rings is 2. The number of rotatable bonds is 1. The summed E-state index contributed by atoms with van der Waals surface area (Å²) in [5, 5.41) is 0.650. The molecule has 0 aliphatic heterocycles. The molecule has 21 heavy (non-hydrogen) atoms. The monoisotopic (exact) mass is 280 g/mol. The SMILES string of the molecule is CC.Cc1c(-c2ccccc2)oc2c(C)cccc2c1=O. The van der Waals surface area contributed by atoms with Gasteiger partial charge < -0.3 is 4.42 Å². The highest BCUT2D eigenvalue weighted by atomic mass is 16.3. The molecule has 108 valence electrons. The lowest BCUT2D eigenvalue weighted by Gasteiger charge is -2.08. The molecule has 0 amide bonds. The summed E-state index contributed by atoms with van der Waals surface area (Å²) in [4.78, 5) is 12.4. The van der Waals surface area contributed by atoms with Crippen molar-refractivity contribution in [1.82, 2.24) is 0 Å². The fraction of sp³-hybridized carbons (Fsp3) is 0.211. The average molecular weight is 280 g/mol. The summed E-state index contributed by atoms with van der Waals surface area (Å²) < 4.78 is 5.99. The normalized spacial score (nSPS) is 10.1. The molecule has 2 aromatic carbocycles. The van der Waals surface area contributed by atoms with Gasteiger partial charge in [0.05, 0.1) is 5.39 Å². The first-order chi connectivity index (χ1) is 10.2. The van der Waals surface area contributed by atoms with Crippen molar-refractivity contribution >= 4 is 11.0 Å². The van der Waals surface area contributed by atoms with Gasteiger partial charge >= 0.3 is 0 Å². The molecule has 2 nitrogen and oxygen atoms in total. The van der Waals surface area contributed by atoms with E-state index in [1.54, 1.807) is 0 Å². The van der Waals surface area contributed by atoms with Crippen molar-refractivity contribution in [2.45, 2.75) is 27.7 Å². The van der Waals surface area contributed by atoms with Crippen molar-refractivity contribution in [2.24, 2.45) is 0 Å². The Kier molecular flexibility index (Phi) is 4.59. The molecule has 1 heterocycles.